The van der Waals surface area contributed by atoms with Crippen molar-refractivity contribution in [3.63, 3.8) is 0 Å². The second-order valence-corrected chi connectivity index (χ2v) is 4.92. The van der Waals surface area contributed by atoms with Crippen LogP contribution in [0.2, 0.25) is 0 Å². The van der Waals surface area contributed by atoms with E-state index in [0.717, 1.165) is 5.56 Å². The number of nitrogens with one attached hydrogen (secondary N) is 1. The van der Waals surface area contributed by atoms with Crippen LogP contribution < -0.4 is 0 Å². The summed E-state index contributed by atoms with van der Waals surface area (Å²) in [7, 11) is 1.60. The number of aliphatic imine (C=N–C) groups is 1. The summed E-state index contributed by atoms with van der Waals surface area (Å²) in [4.78, 5) is 30.8. The number of benzene rings is 1. The first-order valence-electron chi connectivity index (χ1n) is 6.91. The molecule has 1 N–H and O–H groups in total. The number of ketones is 1. The third-order valence-electron chi connectivity index (χ3n) is 3.31. The molecule has 2 aromatic rings. The molecule has 0 aliphatic carbocycles. The average molecular weight is 298 g/mol. The fraction of sp³-hybridized carbons (Fsp3) is 0.235. The van der Waals surface area contributed by atoms with Crippen molar-refractivity contribution in [3.05, 3.63) is 58.4 Å². The molecule has 0 saturated heterocycles. The molecule has 1 aromatic carbocycles. The number of aromatic nitrogens is 1. The Balaban J connectivity index is 2.23. The summed E-state index contributed by atoms with van der Waals surface area (Å²) < 4.78 is 5.30. The Kier molecular flexibility index (Phi) is 4.88. The van der Waals surface area contributed by atoms with E-state index in [1.54, 1.807) is 14.0 Å². The molecule has 5 heteroatoms. The van der Waals surface area contributed by atoms with Crippen LogP contribution in [-0.2, 0) is 11.3 Å². The molecule has 2 rings (SSSR count). The standard InChI is InChI=1S/C17H18N2O3/c1-11-15(12(2)20)14(9-18-3)19-16(11)17(21)22-10-13-7-5-4-6-8-13/h4-9,19H,10H2,1-3H3. The van der Waals surface area contributed by atoms with Gasteiger partial charge in [0.1, 0.15) is 12.3 Å². The lowest BCUT2D eigenvalue weighted by atomic mass is 10.1. The van der Waals surface area contributed by atoms with Gasteiger partial charge in [-0.25, -0.2) is 4.79 Å². The molecule has 0 atom stereocenters. The molecular formula is C17H18N2O3. The molecule has 0 radical (unpaired) electrons. The number of hydrogen-bond acceptors (Lipinski definition) is 4. The first-order valence-corrected chi connectivity index (χ1v) is 6.91. The van der Waals surface area contributed by atoms with Crippen molar-refractivity contribution >= 4 is 18.0 Å². The van der Waals surface area contributed by atoms with Crippen LogP contribution in [0.3, 0.4) is 0 Å². The van der Waals surface area contributed by atoms with Crippen molar-refractivity contribution in [3.8, 4) is 0 Å². The summed E-state index contributed by atoms with van der Waals surface area (Å²) in [5, 5.41) is 0. The summed E-state index contributed by atoms with van der Waals surface area (Å²) in [5.74, 6) is -0.606. The third kappa shape index (κ3) is 3.31. The van der Waals surface area contributed by atoms with Crippen molar-refractivity contribution < 1.29 is 14.3 Å². The van der Waals surface area contributed by atoms with E-state index in [1.165, 1.54) is 13.1 Å². The number of esters is 1. The first-order chi connectivity index (χ1) is 10.5. The Morgan fingerprint density at radius 2 is 1.95 bits per heavy atom. The van der Waals surface area contributed by atoms with E-state index in [1.807, 2.05) is 30.3 Å². The number of nitrogens with zero attached hydrogens (tertiary/aromatic N) is 1. The van der Waals surface area contributed by atoms with E-state index >= 15 is 0 Å². The van der Waals surface area contributed by atoms with Gasteiger partial charge < -0.3 is 9.72 Å². The molecule has 0 spiro atoms. The lowest BCUT2D eigenvalue weighted by Gasteiger charge is -2.04. The fourth-order valence-corrected chi connectivity index (χ4v) is 2.30. The van der Waals surface area contributed by atoms with E-state index in [0.29, 0.717) is 16.8 Å². The topological polar surface area (TPSA) is 71.5 Å². The Labute approximate surface area is 129 Å². The zero-order valence-corrected chi connectivity index (χ0v) is 12.8. The average Bonchev–Trinajstić information content (AvgIpc) is 2.83. The minimum atomic E-state index is -0.486. The highest BCUT2D eigenvalue weighted by molar-refractivity contribution is 6.06. The fourth-order valence-electron chi connectivity index (χ4n) is 2.30. The molecule has 0 aliphatic rings. The highest BCUT2D eigenvalue weighted by atomic mass is 16.5. The predicted octanol–water partition coefficient (Wildman–Crippen LogP) is 2.93. The van der Waals surface area contributed by atoms with Gasteiger partial charge in [-0.1, -0.05) is 30.3 Å². The first kappa shape index (κ1) is 15.7. The second-order valence-electron chi connectivity index (χ2n) is 4.92. The van der Waals surface area contributed by atoms with E-state index in [9.17, 15) is 9.59 Å². The Morgan fingerprint density at radius 1 is 1.27 bits per heavy atom. The van der Waals surface area contributed by atoms with Crippen LogP contribution in [0.15, 0.2) is 35.3 Å². The smallest absolute Gasteiger partial charge is 0.355 e. The van der Waals surface area contributed by atoms with E-state index in [2.05, 4.69) is 9.98 Å². The van der Waals surface area contributed by atoms with Crippen molar-refractivity contribution in [1.29, 1.82) is 0 Å². The van der Waals surface area contributed by atoms with Gasteiger partial charge in [0.2, 0.25) is 0 Å². The number of H-pyrrole nitrogens is 1. The molecular weight excluding hydrogens is 280 g/mol. The maximum Gasteiger partial charge on any atom is 0.355 e. The van der Waals surface area contributed by atoms with Crippen LogP contribution in [0.5, 0.6) is 0 Å². The number of ether oxygens (including phenoxy) is 1. The molecule has 5 nitrogen and oxygen atoms in total. The Morgan fingerprint density at radius 3 is 2.55 bits per heavy atom. The molecule has 0 fully saturated rings. The molecule has 0 bridgehead atoms. The molecule has 0 amide bonds. The molecule has 1 aromatic heterocycles. The van der Waals surface area contributed by atoms with Crippen LogP contribution in [0.1, 0.15) is 44.6 Å². The number of hydrogen-bond donors (Lipinski definition) is 1. The molecule has 0 aliphatic heterocycles. The zero-order valence-electron chi connectivity index (χ0n) is 12.8. The van der Waals surface area contributed by atoms with Crippen LogP contribution in [0.25, 0.3) is 0 Å². The summed E-state index contributed by atoms with van der Waals surface area (Å²) in [6.07, 6.45) is 1.53. The minimum Gasteiger partial charge on any atom is -0.456 e. The van der Waals surface area contributed by atoms with Crippen LogP contribution in [0, 0.1) is 6.92 Å². The summed E-state index contributed by atoms with van der Waals surface area (Å²) in [6.45, 7) is 3.37. The van der Waals surface area contributed by atoms with Gasteiger partial charge in [0.05, 0.1) is 5.69 Å². The van der Waals surface area contributed by atoms with Crippen molar-refractivity contribution in [2.24, 2.45) is 4.99 Å². The predicted molar refractivity (Wildman–Crippen MR) is 84.6 cm³/mol. The van der Waals surface area contributed by atoms with Crippen molar-refractivity contribution in [2.75, 3.05) is 7.05 Å². The number of Topliss-reactive ketones (excluding diaryl/α,β-unsaturated/α-hetero) is 1. The third-order valence-corrected chi connectivity index (χ3v) is 3.31. The number of rotatable bonds is 5. The van der Waals surface area contributed by atoms with Gasteiger partial charge in [0, 0.05) is 18.8 Å². The number of aromatic amines is 1. The summed E-state index contributed by atoms with van der Waals surface area (Å²) in [5.41, 5.74) is 2.77. The van der Waals surface area contributed by atoms with Crippen LogP contribution in [0.4, 0.5) is 0 Å². The second kappa shape index (κ2) is 6.85. The quantitative estimate of drug-likeness (QED) is 0.524. The zero-order chi connectivity index (χ0) is 16.1. The van der Waals surface area contributed by atoms with Gasteiger partial charge in [-0.05, 0) is 25.0 Å². The lowest BCUT2D eigenvalue weighted by molar-refractivity contribution is 0.0465. The van der Waals surface area contributed by atoms with Gasteiger partial charge in [0.15, 0.2) is 5.78 Å². The molecule has 22 heavy (non-hydrogen) atoms. The van der Waals surface area contributed by atoms with Gasteiger partial charge in [0.25, 0.3) is 0 Å². The van der Waals surface area contributed by atoms with Gasteiger partial charge >= 0.3 is 5.97 Å². The monoisotopic (exact) mass is 298 g/mol. The van der Waals surface area contributed by atoms with Crippen LogP contribution in [-0.4, -0.2) is 30.0 Å². The Hall–Kier alpha value is -2.69. The Bertz CT molecular complexity index is 715. The lowest BCUT2D eigenvalue weighted by Crippen LogP contribution is -2.07. The molecule has 1 heterocycles. The maximum absolute atomic E-state index is 12.2. The number of carbonyl (C=O) groups excluding carboxylic acids is 2. The van der Waals surface area contributed by atoms with Crippen molar-refractivity contribution in [1.82, 2.24) is 4.98 Å². The van der Waals surface area contributed by atoms with E-state index < -0.39 is 5.97 Å². The van der Waals surface area contributed by atoms with E-state index in [-0.39, 0.29) is 18.1 Å². The van der Waals surface area contributed by atoms with Crippen molar-refractivity contribution in [2.45, 2.75) is 20.5 Å². The normalized spacial score (nSPS) is 10.9. The molecule has 0 saturated carbocycles. The molecule has 0 unspecified atom stereocenters. The summed E-state index contributed by atoms with van der Waals surface area (Å²) >= 11 is 0. The van der Waals surface area contributed by atoms with E-state index in [4.69, 9.17) is 4.74 Å². The van der Waals surface area contributed by atoms with Gasteiger partial charge in [-0.2, -0.15) is 0 Å². The maximum atomic E-state index is 12.2. The highest BCUT2D eigenvalue weighted by Crippen LogP contribution is 2.19. The summed E-state index contributed by atoms with van der Waals surface area (Å²) in [6, 6.07) is 9.42. The molecule has 114 valence electrons. The van der Waals surface area contributed by atoms with Gasteiger partial charge in [-0.15, -0.1) is 0 Å². The highest BCUT2D eigenvalue weighted by Gasteiger charge is 2.21. The van der Waals surface area contributed by atoms with Gasteiger partial charge in [-0.3, -0.25) is 9.79 Å². The minimum absolute atomic E-state index is 0.120. The van der Waals surface area contributed by atoms with Crippen LogP contribution >= 0.6 is 0 Å². The number of carbonyl (C=O) groups is 2. The largest absolute Gasteiger partial charge is 0.456 e. The SMILES string of the molecule is CN=Cc1[nH]c(C(=O)OCc2ccccc2)c(C)c1C(C)=O.